The Morgan fingerprint density at radius 1 is 1.10 bits per heavy atom. The summed E-state index contributed by atoms with van der Waals surface area (Å²) in [7, 11) is 4.25. The van der Waals surface area contributed by atoms with E-state index in [9.17, 15) is 0 Å². The lowest BCUT2D eigenvalue weighted by molar-refractivity contribution is 0.232. The summed E-state index contributed by atoms with van der Waals surface area (Å²) in [6, 6.07) is 8.04. The Labute approximate surface area is 129 Å². The van der Waals surface area contributed by atoms with E-state index in [2.05, 4.69) is 30.8 Å². The second-order valence-corrected chi connectivity index (χ2v) is 5.64. The molecule has 120 valence electrons. The lowest BCUT2D eigenvalue weighted by Gasteiger charge is -2.21. The molecule has 0 spiro atoms. The van der Waals surface area contributed by atoms with Crippen molar-refractivity contribution >= 4 is 0 Å². The van der Waals surface area contributed by atoms with Crippen LogP contribution in [0.15, 0.2) is 24.3 Å². The van der Waals surface area contributed by atoms with Crippen molar-refractivity contribution in [2.75, 3.05) is 46.9 Å². The highest BCUT2D eigenvalue weighted by atomic mass is 16.5. The van der Waals surface area contributed by atoms with E-state index in [-0.39, 0.29) is 0 Å². The zero-order valence-electron chi connectivity index (χ0n) is 13.8. The Hall–Kier alpha value is -1.10. The molecule has 0 radical (unpaired) electrons. The normalized spacial score (nSPS) is 11.3. The van der Waals surface area contributed by atoms with Gasteiger partial charge in [-0.2, -0.15) is 0 Å². The number of nitrogens with zero attached hydrogens (tertiary/aromatic N) is 2. The van der Waals surface area contributed by atoms with Crippen LogP contribution in [0.1, 0.15) is 25.3 Å². The average molecular weight is 293 g/mol. The quantitative estimate of drug-likeness (QED) is 0.635. The molecule has 1 aromatic rings. The van der Waals surface area contributed by atoms with Gasteiger partial charge in [0.25, 0.3) is 0 Å². The minimum Gasteiger partial charge on any atom is -0.494 e. The van der Waals surface area contributed by atoms with Gasteiger partial charge >= 0.3 is 0 Å². The maximum atomic E-state index is 5.80. The SMILES string of the molecule is CCN(CCCOc1cccc(CN)c1)CCCN(C)C. The van der Waals surface area contributed by atoms with Crippen LogP contribution < -0.4 is 10.5 Å². The van der Waals surface area contributed by atoms with Gasteiger partial charge in [0.2, 0.25) is 0 Å². The highest BCUT2D eigenvalue weighted by molar-refractivity contribution is 5.28. The van der Waals surface area contributed by atoms with Crippen molar-refractivity contribution in [3.8, 4) is 5.75 Å². The Bertz CT molecular complexity index is 382. The molecule has 0 atom stereocenters. The van der Waals surface area contributed by atoms with Gasteiger partial charge in [0.15, 0.2) is 0 Å². The molecule has 0 unspecified atom stereocenters. The molecule has 0 saturated carbocycles. The largest absolute Gasteiger partial charge is 0.494 e. The predicted molar refractivity (Wildman–Crippen MR) is 89.7 cm³/mol. The standard InChI is InChI=1S/C17H31N3O/c1-4-20(11-6-10-19(2)3)12-7-13-21-17-9-5-8-16(14-17)15-18/h5,8-9,14H,4,6-7,10-13,15,18H2,1-3H3. The number of ether oxygens (including phenoxy) is 1. The first-order valence-corrected chi connectivity index (χ1v) is 7.94. The summed E-state index contributed by atoms with van der Waals surface area (Å²) in [5.41, 5.74) is 6.75. The number of hydrogen-bond acceptors (Lipinski definition) is 4. The molecule has 0 heterocycles. The second kappa shape index (κ2) is 10.6. The number of hydrogen-bond donors (Lipinski definition) is 1. The van der Waals surface area contributed by atoms with E-state index in [1.165, 1.54) is 6.42 Å². The molecule has 0 aliphatic carbocycles. The van der Waals surface area contributed by atoms with Crippen molar-refractivity contribution in [3.05, 3.63) is 29.8 Å². The molecule has 0 aromatic heterocycles. The van der Waals surface area contributed by atoms with Crippen LogP contribution in [0.25, 0.3) is 0 Å². The lowest BCUT2D eigenvalue weighted by atomic mass is 10.2. The van der Waals surface area contributed by atoms with E-state index in [1.807, 2.05) is 24.3 Å². The van der Waals surface area contributed by atoms with E-state index < -0.39 is 0 Å². The van der Waals surface area contributed by atoms with Gasteiger partial charge < -0.3 is 20.3 Å². The van der Waals surface area contributed by atoms with Crippen LogP contribution in [0.5, 0.6) is 5.75 Å². The summed E-state index contributed by atoms with van der Waals surface area (Å²) in [6.45, 7) is 8.07. The molecule has 2 N–H and O–H groups in total. The van der Waals surface area contributed by atoms with Crippen LogP contribution in [-0.2, 0) is 6.54 Å². The van der Waals surface area contributed by atoms with Crippen LogP contribution >= 0.6 is 0 Å². The van der Waals surface area contributed by atoms with Gasteiger partial charge in [0, 0.05) is 13.1 Å². The lowest BCUT2D eigenvalue weighted by Crippen LogP contribution is -2.29. The smallest absolute Gasteiger partial charge is 0.119 e. The summed E-state index contributed by atoms with van der Waals surface area (Å²) in [6.07, 6.45) is 2.28. The molecular weight excluding hydrogens is 262 g/mol. The van der Waals surface area contributed by atoms with Crippen LogP contribution in [0.4, 0.5) is 0 Å². The third-order valence-corrected chi connectivity index (χ3v) is 3.55. The molecule has 0 fully saturated rings. The first-order valence-electron chi connectivity index (χ1n) is 7.94. The first kappa shape index (κ1) is 18.0. The molecule has 0 aliphatic heterocycles. The number of nitrogens with two attached hydrogens (primary N) is 1. The highest BCUT2D eigenvalue weighted by Crippen LogP contribution is 2.13. The van der Waals surface area contributed by atoms with Crippen LogP contribution in [0, 0.1) is 0 Å². The van der Waals surface area contributed by atoms with Gasteiger partial charge in [-0.25, -0.2) is 0 Å². The molecule has 0 aliphatic rings. The summed E-state index contributed by atoms with van der Waals surface area (Å²) in [5.74, 6) is 0.925. The first-order chi connectivity index (χ1) is 10.2. The topological polar surface area (TPSA) is 41.7 Å². The van der Waals surface area contributed by atoms with Gasteiger partial charge in [-0.15, -0.1) is 0 Å². The Morgan fingerprint density at radius 2 is 1.86 bits per heavy atom. The second-order valence-electron chi connectivity index (χ2n) is 5.64. The van der Waals surface area contributed by atoms with Gasteiger partial charge in [0.1, 0.15) is 5.75 Å². The van der Waals surface area contributed by atoms with Crippen molar-refractivity contribution in [2.45, 2.75) is 26.3 Å². The minimum absolute atomic E-state index is 0.562. The number of rotatable bonds is 11. The molecule has 0 bridgehead atoms. The van der Waals surface area contributed by atoms with E-state index in [1.54, 1.807) is 0 Å². The van der Waals surface area contributed by atoms with Gasteiger partial charge in [-0.05, 0) is 64.3 Å². The fraction of sp³-hybridized carbons (Fsp3) is 0.647. The average Bonchev–Trinajstić information content (AvgIpc) is 2.49. The van der Waals surface area contributed by atoms with Crippen LogP contribution in [0.2, 0.25) is 0 Å². The van der Waals surface area contributed by atoms with Crippen LogP contribution in [0.3, 0.4) is 0 Å². The molecule has 1 rings (SSSR count). The molecule has 21 heavy (non-hydrogen) atoms. The predicted octanol–water partition coefficient (Wildman–Crippen LogP) is 2.19. The summed E-state index contributed by atoms with van der Waals surface area (Å²) < 4.78 is 5.80. The van der Waals surface area contributed by atoms with Crippen LogP contribution in [-0.4, -0.2) is 56.7 Å². The maximum absolute atomic E-state index is 5.80. The zero-order valence-corrected chi connectivity index (χ0v) is 13.8. The fourth-order valence-electron chi connectivity index (χ4n) is 2.28. The Kier molecular flexibility index (Phi) is 9.06. The Balaban J connectivity index is 2.18. The van der Waals surface area contributed by atoms with Gasteiger partial charge in [-0.3, -0.25) is 0 Å². The highest BCUT2D eigenvalue weighted by Gasteiger charge is 2.03. The van der Waals surface area contributed by atoms with Crippen molar-refractivity contribution in [2.24, 2.45) is 5.73 Å². The summed E-state index contributed by atoms with van der Waals surface area (Å²) in [4.78, 5) is 4.73. The zero-order chi connectivity index (χ0) is 15.5. The van der Waals surface area contributed by atoms with Gasteiger partial charge in [-0.1, -0.05) is 19.1 Å². The van der Waals surface area contributed by atoms with E-state index >= 15 is 0 Å². The molecular formula is C17H31N3O. The summed E-state index contributed by atoms with van der Waals surface area (Å²) in [5, 5.41) is 0. The van der Waals surface area contributed by atoms with Gasteiger partial charge in [0.05, 0.1) is 6.61 Å². The summed E-state index contributed by atoms with van der Waals surface area (Å²) >= 11 is 0. The van der Waals surface area contributed by atoms with Crippen molar-refractivity contribution in [1.29, 1.82) is 0 Å². The monoisotopic (exact) mass is 293 g/mol. The molecule has 4 heteroatoms. The third-order valence-electron chi connectivity index (χ3n) is 3.55. The van der Waals surface area contributed by atoms with Crippen molar-refractivity contribution in [3.63, 3.8) is 0 Å². The molecule has 4 nitrogen and oxygen atoms in total. The van der Waals surface area contributed by atoms with Crippen molar-refractivity contribution < 1.29 is 4.74 Å². The molecule has 0 amide bonds. The maximum Gasteiger partial charge on any atom is 0.119 e. The molecule has 0 saturated heterocycles. The fourth-order valence-corrected chi connectivity index (χ4v) is 2.28. The van der Waals surface area contributed by atoms with E-state index in [0.29, 0.717) is 6.54 Å². The van der Waals surface area contributed by atoms with E-state index in [0.717, 1.165) is 50.5 Å². The third kappa shape index (κ3) is 8.05. The number of benzene rings is 1. The minimum atomic E-state index is 0.562. The van der Waals surface area contributed by atoms with E-state index in [4.69, 9.17) is 10.5 Å². The Morgan fingerprint density at radius 3 is 2.52 bits per heavy atom. The molecule has 1 aromatic carbocycles. The van der Waals surface area contributed by atoms with Crippen molar-refractivity contribution in [1.82, 2.24) is 9.80 Å².